The van der Waals surface area contributed by atoms with Crippen molar-refractivity contribution in [1.82, 2.24) is 9.55 Å². The van der Waals surface area contributed by atoms with Crippen LogP contribution in [0.4, 0.5) is 0 Å². The number of nitrogens with zero attached hydrogens (tertiary/aromatic N) is 2. The quantitative estimate of drug-likeness (QED) is 0.482. The standard InChI is InChI=1S/C7H7BIN2O2P/c9-14-11-7-2-1-6(8(12)13)3-5(7)4-10-11/h1-4,12-14H. The van der Waals surface area contributed by atoms with E-state index in [2.05, 4.69) is 27.1 Å². The number of aromatic nitrogens is 2. The van der Waals surface area contributed by atoms with Gasteiger partial charge in [0, 0.05) is 5.39 Å². The Kier molecular flexibility index (Phi) is 3.06. The molecule has 0 saturated carbocycles. The first-order chi connectivity index (χ1) is 6.72. The van der Waals surface area contributed by atoms with Crippen LogP contribution in [-0.4, -0.2) is 26.7 Å². The Labute approximate surface area is 95.8 Å². The summed E-state index contributed by atoms with van der Waals surface area (Å²) < 4.78 is 1.88. The predicted molar refractivity (Wildman–Crippen MR) is 67.3 cm³/mol. The summed E-state index contributed by atoms with van der Waals surface area (Å²) in [7, 11) is -1.41. The molecule has 0 saturated heterocycles. The summed E-state index contributed by atoms with van der Waals surface area (Å²) in [4.78, 5) is 0. The predicted octanol–water partition coefficient (Wildman–Crippen LogP) is 0.508. The Hall–Kier alpha value is -0.165. The molecule has 72 valence electrons. The van der Waals surface area contributed by atoms with E-state index in [0.717, 1.165) is 10.9 Å². The summed E-state index contributed by atoms with van der Waals surface area (Å²) in [5.41, 5.74) is 1.51. The molecule has 2 N–H and O–H groups in total. The molecule has 0 aliphatic carbocycles. The highest BCUT2D eigenvalue weighted by Crippen LogP contribution is 2.27. The number of fused-ring (bicyclic) bond motifs is 1. The summed E-state index contributed by atoms with van der Waals surface area (Å²) in [5.74, 6) is 0. The summed E-state index contributed by atoms with van der Waals surface area (Å²) in [6, 6.07) is 5.28. The molecule has 0 aliphatic rings. The van der Waals surface area contributed by atoms with E-state index in [-0.39, 0.29) is 0 Å². The lowest BCUT2D eigenvalue weighted by molar-refractivity contribution is 0.426. The van der Waals surface area contributed by atoms with Crippen molar-refractivity contribution in [2.45, 2.75) is 0 Å². The number of benzene rings is 1. The lowest BCUT2D eigenvalue weighted by atomic mass is 9.80. The molecule has 7 heteroatoms. The molecule has 2 aromatic rings. The molecule has 0 spiro atoms. The number of hydrogen-bond acceptors (Lipinski definition) is 3. The van der Waals surface area contributed by atoms with Crippen molar-refractivity contribution in [2.24, 2.45) is 0 Å². The highest BCUT2D eigenvalue weighted by atomic mass is 127. The molecule has 14 heavy (non-hydrogen) atoms. The Morgan fingerprint density at radius 1 is 1.43 bits per heavy atom. The lowest BCUT2D eigenvalue weighted by Gasteiger charge is -2.00. The van der Waals surface area contributed by atoms with E-state index in [0.29, 0.717) is 11.8 Å². The van der Waals surface area contributed by atoms with Crippen molar-refractivity contribution in [3.63, 3.8) is 0 Å². The van der Waals surface area contributed by atoms with Crippen LogP contribution in [0.25, 0.3) is 10.9 Å². The second-order valence-corrected chi connectivity index (χ2v) is 4.87. The normalized spacial score (nSPS) is 11.6. The van der Waals surface area contributed by atoms with Gasteiger partial charge in [-0.25, -0.2) is 4.45 Å². The number of hydrogen-bond donors (Lipinski definition) is 2. The highest BCUT2D eigenvalue weighted by molar-refractivity contribution is 14.2. The van der Waals surface area contributed by atoms with E-state index >= 15 is 0 Å². The zero-order valence-electron chi connectivity index (χ0n) is 7.05. The van der Waals surface area contributed by atoms with Gasteiger partial charge in [0.25, 0.3) is 0 Å². The van der Waals surface area contributed by atoms with Gasteiger partial charge >= 0.3 is 7.12 Å². The molecule has 1 heterocycles. The first-order valence-corrected chi connectivity index (χ1v) is 7.99. The van der Waals surface area contributed by atoms with Crippen LogP contribution in [0, 0.1) is 0 Å². The first-order valence-electron chi connectivity index (χ1n) is 3.93. The van der Waals surface area contributed by atoms with Crippen LogP contribution in [0.1, 0.15) is 0 Å². The average molecular weight is 320 g/mol. The molecule has 0 amide bonds. The van der Waals surface area contributed by atoms with Crippen LogP contribution in [0.15, 0.2) is 24.4 Å². The van der Waals surface area contributed by atoms with Crippen molar-refractivity contribution in [3.8, 4) is 0 Å². The van der Waals surface area contributed by atoms with Crippen LogP contribution in [0.2, 0.25) is 0 Å². The molecule has 0 fully saturated rings. The van der Waals surface area contributed by atoms with Crippen LogP contribution >= 0.6 is 28.4 Å². The maximum Gasteiger partial charge on any atom is 0.488 e. The van der Waals surface area contributed by atoms with E-state index in [9.17, 15) is 0 Å². The van der Waals surface area contributed by atoms with Crippen molar-refractivity contribution < 1.29 is 10.0 Å². The van der Waals surface area contributed by atoms with Crippen molar-refractivity contribution in [1.29, 1.82) is 0 Å². The minimum absolute atomic E-state index is 0.494. The smallest absolute Gasteiger partial charge is 0.423 e. The minimum atomic E-state index is -1.41. The largest absolute Gasteiger partial charge is 0.488 e. The summed E-state index contributed by atoms with van der Waals surface area (Å²) >= 11 is 2.25. The fourth-order valence-corrected chi connectivity index (χ4v) is 2.83. The van der Waals surface area contributed by atoms with Gasteiger partial charge in [0.05, 0.1) is 18.1 Å². The van der Waals surface area contributed by atoms with Gasteiger partial charge in [0.2, 0.25) is 0 Å². The van der Waals surface area contributed by atoms with Gasteiger partial charge in [-0.3, -0.25) is 0 Å². The molecular weight excluding hydrogens is 313 g/mol. The summed E-state index contributed by atoms with van der Waals surface area (Å²) in [6.45, 7) is 0. The van der Waals surface area contributed by atoms with Crippen LogP contribution < -0.4 is 5.46 Å². The van der Waals surface area contributed by atoms with Gasteiger partial charge in [-0.2, -0.15) is 5.10 Å². The van der Waals surface area contributed by atoms with E-state index < -0.39 is 7.12 Å². The summed E-state index contributed by atoms with van der Waals surface area (Å²) in [6.07, 6.45) is 2.28. The van der Waals surface area contributed by atoms with Crippen LogP contribution in [0.5, 0.6) is 0 Å². The molecule has 4 nitrogen and oxygen atoms in total. The maximum atomic E-state index is 8.98. The van der Waals surface area contributed by atoms with Gasteiger partial charge in [-0.1, -0.05) is 12.1 Å². The first kappa shape index (κ1) is 10.4. The van der Waals surface area contributed by atoms with Crippen molar-refractivity contribution in [3.05, 3.63) is 24.4 Å². The van der Waals surface area contributed by atoms with E-state index in [1.165, 1.54) is 0 Å². The second-order valence-electron chi connectivity index (χ2n) is 2.83. The van der Waals surface area contributed by atoms with Gasteiger partial charge in [-0.05, 0) is 33.6 Å². The molecule has 2 rings (SSSR count). The van der Waals surface area contributed by atoms with Gasteiger partial charge in [0.1, 0.15) is 0 Å². The highest BCUT2D eigenvalue weighted by Gasteiger charge is 2.12. The van der Waals surface area contributed by atoms with Crippen LogP contribution in [-0.2, 0) is 0 Å². The Morgan fingerprint density at radius 2 is 2.21 bits per heavy atom. The third-order valence-electron chi connectivity index (χ3n) is 1.97. The minimum Gasteiger partial charge on any atom is -0.423 e. The molecule has 1 atom stereocenters. The molecule has 1 aromatic heterocycles. The van der Waals surface area contributed by atoms with Gasteiger partial charge in [0.15, 0.2) is 0 Å². The zero-order chi connectivity index (χ0) is 10.1. The third-order valence-corrected chi connectivity index (χ3v) is 3.86. The van der Waals surface area contributed by atoms with Gasteiger partial charge in [-0.15, -0.1) is 0 Å². The van der Waals surface area contributed by atoms with Crippen LogP contribution in [0.3, 0.4) is 0 Å². The Bertz CT molecular complexity index is 462. The van der Waals surface area contributed by atoms with Gasteiger partial charge < -0.3 is 10.0 Å². The third kappa shape index (κ3) is 1.79. The SMILES string of the molecule is OB(O)c1ccc2c(cnn2PI)c1. The number of halogens is 1. The molecule has 1 aromatic carbocycles. The monoisotopic (exact) mass is 320 g/mol. The summed E-state index contributed by atoms with van der Waals surface area (Å²) in [5, 5.41) is 23.1. The molecular formula is C7H7BIN2O2P. The molecule has 0 aliphatic heterocycles. The lowest BCUT2D eigenvalue weighted by Crippen LogP contribution is -2.29. The fourth-order valence-electron chi connectivity index (χ4n) is 1.28. The van der Waals surface area contributed by atoms with E-state index in [4.69, 9.17) is 10.0 Å². The van der Waals surface area contributed by atoms with Crippen molar-refractivity contribution in [2.75, 3.05) is 0 Å². The molecule has 0 radical (unpaired) electrons. The topological polar surface area (TPSA) is 58.3 Å². The van der Waals surface area contributed by atoms with E-state index in [1.54, 1.807) is 18.3 Å². The fraction of sp³-hybridized carbons (Fsp3) is 0. The zero-order valence-corrected chi connectivity index (χ0v) is 10.2. The maximum absolute atomic E-state index is 8.98. The number of rotatable bonds is 2. The Morgan fingerprint density at radius 3 is 2.86 bits per heavy atom. The average Bonchev–Trinajstić information content (AvgIpc) is 2.59. The second kappa shape index (κ2) is 4.14. The Balaban J connectivity index is 2.57. The van der Waals surface area contributed by atoms with E-state index in [1.807, 2.05) is 10.5 Å². The van der Waals surface area contributed by atoms with Crippen molar-refractivity contribution >= 4 is 51.9 Å². The molecule has 0 bridgehead atoms. The molecule has 1 unspecified atom stereocenters.